The first kappa shape index (κ1) is 14.3. The van der Waals surface area contributed by atoms with Gasteiger partial charge < -0.3 is 10.5 Å². The second-order valence-electron chi connectivity index (χ2n) is 3.57. The minimum Gasteiger partial charge on any atom is -0.462 e. The van der Waals surface area contributed by atoms with Gasteiger partial charge in [0.1, 0.15) is 5.57 Å². The fraction of sp³-hybridized carbons (Fsp3) is 0.231. The standard InChI is InChI=1S/C13H14ClNO3/c1-3-18-13(17)11(8(2)16)12(15)9-4-6-10(14)7-5-9/h4-7H,3,15H2,1-2H3/b12-11+. The molecule has 0 saturated carbocycles. The highest BCUT2D eigenvalue weighted by atomic mass is 35.5. The van der Waals surface area contributed by atoms with Gasteiger partial charge in [0.25, 0.3) is 0 Å². The lowest BCUT2D eigenvalue weighted by Gasteiger charge is -2.08. The Kier molecular flexibility index (Phi) is 4.92. The lowest BCUT2D eigenvalue weighted by molar-refractivity contribution is -0.139. The number of halogens is 1. The number of rotatable bonds is 4. The number of esters is 1. The van der Waals surface area contributed by atoms with Gasteiger partial charge in [-0.25, -0.2) is 4.79 Å². The third-order valence-electron chi connectivity index (χ3n) is 2.26. The van der Waals surface area contributed by atoms with Gasteiger partial charge in [0.2, 0.25) is 0 Å². The number of ketones is 1. The van der Waals surface area contributed by atoms with E-state index in [9.17, 15) is 9.59 Å². The van der Waals surface area contributed by atoms with Crippen molar-refractivity contribution in [3.05, 3.63) is 40.4 Å². The fourth-order valence-corrected chi connectivity index (χ4v) is 1.55. The molecule has 1 aromatic rings. The van der Waals surface area contributed by atoms with Crippen LogP contribution in [-0.2, 0) is 14.3 Å². The first-order valence-electron chi connectivity index (χ1n) is 5.41. The molecule has 5 heteroatoms. The quantitative estimate of drug-likeness (QED) is 0.393. The minimum absolute atomic E-state index is 0.0950. The van der Waals surface area contributed by atoms with Crippen LogP contribution in [0.2, 0.25) is 5.02 Å². The molecular weight excluding hydrogens is 254 g/mol. The van der Waals surface area contributed by atoms with Crippen LogP contribution in [-0.4, -0.2) is 18.4 Å². The van der Waals surface area contributed by atoms with Gasteiger partial charge in [-0.1, -0.05) is 23.7 Å². The Labute approximate surface area is 110 Å². The molecule has 0 amide bonds. The normalized spacial score (nSPS) is 11.7. The summed E-state index contributed by atoms with van der Waals surface area (Å²) in [5.41, 5.74) is 6.35. The number of nitrogens with two attached hydrogens (primary N) is 1. The lowest BCUT2D eigenvalue weighted by atomic mass is 10.0. The molecule has 0 aliphatic rings. The van der Waals surface area contributed by atoms with E-state index in [1.807, 2.05) is 0 Å². The summed E-state index contributed by atoms with van der Waals surface area (Å²) in [5, 5.41) is 0.548. The van der Waals surface area contributed by atoms with Crippen molar-refractivity contribution >= 4 is 29.1 Å². The van der Waals surface area contributed by atoms with Crippen molar-refractivity contribution in [3.8, 4) is 0 Å². The zero-order valence-electron chi connectivity index (χ0n) is 10.2. The summed E-state index contributed by atoms with van der Waals surface area (Å²) in [4.78, 5) is 23.1. The van der Waals surface area contributed by atoms with Crippen molar-refractivity contribution in [2.45, 2.75) is 13.8 Å². The molecule has 0 atom stereocenters. The number of carbonyl (C=O) groups excluding carboxylic acids is 2. The van der Waals surface area contributed by atoms with E-state index in [2.05, 4.69) is 0 Å². The highest BCUT2D eigenvalue weighted by Crippen LogP contribution is 2.18. The van der Waals surface area contributed by atoms with Crippen molar-refractivity contribution in [2.24, 2.45) is 5.73 Å². The van der Waals surface area contributed by atoms with Crippen LogP contribution >= 0.6 is 11.6 Å². The smallest absolute Gasteiger partial charge is 0.343 e. The summed E-state index contributed by atoms with van der Waals surface area (Å²) in [7, 11) is 0. The Bertz CT molecular complexity index is 491. The molecule has 1 aromatic carbocycles. The average Bonchev–Trinajstić information content (AvgIpc) is 2.29. The van der Waals surface area contributed by atoms with Crippen LogP contribution < -0.4 is 5.73 Å². The fourth-order valence-electron chi connectivity index (χ4n) is 1.42. The van der Waals surface area contributed by atoms with Crippen LogP contribution in [0.3, 0.4) is 0 Å². The summed E-state index contributed by atoms with van der Waals surface area (Å²) >= 11 is 5.76. The molecule has 18 heavy (non-hydrogen) atoms. The van der Waals surface area contributed by atoms with E-state index >= 15 is 0 Å². The molecule has 0 fully saturated rings. The Morgan fingerprint density at radius 2 is 1.83 bits per heavy atom. The molecule has 0 bridgehead atoms. The lowest BCUT2D eigenvalue weighted by Crippen LogP contribution is -2.18. The van der Waals surface area contributed by atoms with Gasteiger partial charge in [-0.2, -0.15) is 0 Å². The SMILES string of the molecule is CCOC(=O)/C(C(C)=O)=C(/N)c1ccc(Cl)cc1. The molecule has 0 spiro atoms. The van der Waals surface area contributed by atoms with E-state index in [1.54, 1.807) is 31.2 Å². The van der Waals surface area contributed by atoms with Gasteiger partial charge in [0.05, 0.1) is 12.3 Å². The predicted molar refractivity (Wildman–Crippen MR) is 69.9 cm³/mol. The molecule has 2 N–H and O–H groups in total. The number of hydrogen-bond acceptors (Lipinski definition) is 4. The third-order valence-corrected chi connectivity index (χ3v) is 2.51. The zero-order chi connectivity index (χ0) is 13.7. The Morgan fingerprint density at radius 3 is 2.28 bits per heavy atom. The number of Topliss-reactive ketones (excluding diaryl/α,β-unsaturated/α-hetero) is 1. The second kappa shape index (κ2) is 6.21. The Morgan fingerprint density at radius 1 is 1.28 bits per heavy atom. The average molecular weight is 268 g/mol. The van der Waals surface area contributed by atoms with Gasteiger partial charge in [0.15, 0.2) is 5.78 Å². The van der Waals surface area contributed by atoms with Crippen LogP contribution in [0.15, 0.2) is 29.8 Å². The molecule has 0 heterocycles. The monoisotopic (exact) mass is 267 g/mol. The first-order valence-corrected chi connectivity index (χ1v) is 5.79. The Balaban J connectivity index is 3.23. The zero-order valence-corrected chi connectivity index (χ0v) is 11.0. The summed E-state index contributed by atoms with van der Waals surface area (Å²) in [5.74, 6) is -1.14. The van der Waals surface area contributed by atoms with Crippen molar-refractivity contribution < 1.29 is 14.3 Å². The molecule has 0 radical (unpaired) electrons. The molecule has 1 rings (SSSR count). The van der Waals surface area contributed by atoms with Crippen LogP contribution in [0, 0.1) is 0 Å². The highest BCUT2D eigenvalue weighted by Gasteiger charge is 2.20. The van der Waals surface area contributed by atoms with Crippen molar-refractivity contribution in [2.75, 3.05) is 6.61 Å². The maximum atomic E-state index is 11.7. The molecule has 4 nitrogen and oxygen atoms in total. The van der Waals surface area contributed by atoms with Crippen LogP contribution in [0.25, 0.3) is 5.70 Å². The Hall–Kier alpha value is -1.81. The number of benzene rings is 1. The predicted octanol–water partition coefficient (Wildman–Crippen LogP) is 2.16. The number of hydrogen-bond donors (Lipinski definition) is 1. The maximum absolute atomic E-state index is 11.7. The van der Waals surface area contributed by atoms with Crippen LogP contribution in [0.5, 0.6) is 0 Å². The van der Waals surface area contributed by atoms with Crippen LogP contribution in [0.1, 0.15) is 19.4 Å². The summed E-state index contributed by atoms with van der Waals surface area (Å²) < 4.78 is 4.81. The summed E-state index contributed by atoms with van der Waals surface area (Å²) in [6.07, 6.45) is 0. The second-order valence-corrected chi connectivity index (χ2v) is 4.01. The molecule has 0 aliphatic carbocycles. The third kappa shape index (κ3) is 3.34. The number of carbonyl (C=O) groups is 2. The molecule has 0 aliphatic heterocycles. The maximum Gasteiger partial charge on any atom is 0.343 e. The minimum atomic E-state index is -0.711. The summed E-state index contributed by atoms with van der Waals surface area (Å²) in [6, 6.07) is 6.54. The van der Waals surface area contributed by atoms with Gasteiger partial charge in [-0.05, 0) is 31.5 Å². The van der Waals surface area contributed by atoms with Gasteiger partial charge in [-0.3, -0.25) is 4.79 Å². The largest absolute Gasteiger partial charge is 0.462 e. The van der Waals surface area contributed by atoms with E-state index in [0.29, 0.717) is 10.6 Å². The van der Waals surface area contributed by atoms with Gasteiger partial charge >= 0.3 is 5.97 Å². The number of ether oxygens (including phenoxy) is 1. The van der Waals surface area contributed by atoms with Crippen LogP contribution in [0.4, 0.5) is 0 Å². The molecule has 0 saturated heterocycles. The van der Waals surface area contributed by atoms with E-state index in [0.717, 1.165) is 0 Å². The molecule has 0 aromatic heterocycles. The van der Waals surface area contributed by atoms with Gasteiger partial charge in [-0.15, -0.1) is 0 Å². The van der Waals surface area contributed by atoms with E-state index < -0.39 is 11.8 Å². The topological polar surface area (TPSA) is 69.4 Å². The first-order chi connectivity index (χ1) is 8.47. The molecule has 0 unspecified atom stereocenters. The van der Waals surface area contributed by atoms with Crippen molar-refractivity contribution in [1.29, 1.82) is 0 Å². The van der Waals surface area contributed by atoms with Crippen molar-refractivity contribution in [1.82, 2.24) is 0 Å². The van der Waals surface area contributed by atoms with Gasteiger partial charge in [0, 0.05) is 5.02 Å². The van der Waals surface area contributed by atoms with E-state index in [-0.39, 0.29) is 17.9 Å². The van der Waals surface area contributed by atoms with E-state index in [4.69, 9.17) is 22.1 Å². The van der Waals surface area contributed by atoms with Crippen molar-refractivity contribution in [3.63, 3.8) is 0 Å². The highest BCUT2D eigenvalue weighted by molar-refractivity contribution is 6.30. The molecule has 96 valence electrons. The van der Waals surface area contributed by atoms with E-state index in [1.165, 1.54) is 6.92 Å². The molecular formula is C13H14ClNO3. The summed E-state index contributed by atoms with van der Waals surface area (Å²) in [6.45, 7) is 3.12.